The van der Waals surface area contributed by atoms with Crippen molar-refractivity contribution in [3.63, 3.8) is 0 Å². The van der Waals surface area contributed by atoms with Crippen molar-refractivity contribution in [1.82, 2.24) is 5.32 Å². The lowest BCUT2D eigenvalue weighted by molar-refractivity contribution is -0.156. The normalized spacial score (nSPS) is 13.4. The van der Waals surface area contributed by atoms with Crippen LogP contribution < -0.4 is 10.1 Å². The van der Waals surface area contributed by atoms with Crippen LogP contribution in [0.3, 0.4) is 0 Å². The average Bonchev–Trinajstić information content (AvgIpc) is 2.35. The first kappa shape index (κ1) is 14.9. The minimum absolute atomic E-state index is 0.307. The van der Waals surface area contributed by atoms with E-state index in [-0.39, 0.29) is 6.61 Å². The molecule has 7 heteroatoms. The number of carboxylic acid groups (broad SMARTS) is 1. The Kier molecular flexibility index (Phi) is 4.82. The van der Waals surface area contributed by atoms with Gasteiger partial charge in [0, 0.05) is 0 Å². The summed E-state index contributed by atoms with van der Waals surface area (Å²) in [4.78, 5) is 21.9. The molecular weight excluding hydrogens is 257 g/mol. The maximum absolute atomic E-state index is 12.6. The number of carbonyl (C=O) groups excluding carboxylic acids is 1. The maximum atomic E-state index is 12.6. The molecule has 104 valence electrons. The number of aliphatic carboxylic acids is 1. The molecule has 1 aromatic rings. The zero-order chi connectivity index (χ0) is 14.5. The molecule has 19 heavy (non-hydrogen) atoms. The second-order valence-corrected chi connectivity index (χ2v) is 4.10. The molecule has 1 rings (SSSR count). The summed E-state index contributed by atoms with van der Waals surface area (Å²) < 4.78 is 17.6. The van der Waals surface area contributed by atoms with Crippen LogP contribution in [0.2, 0.25) is 0 Å². The molecule has 0 aromatic heterocycles. The van der Waals surface area contributed by atoms with E-state index in [9.17, 15) is 19.1 Å². The van der Waals surface area contributed by atoms with E-state index in [2.05, 4.69) is 5.32 Å². The molecule has 1 amide bonds. The Morgan fingerprint density at radius 2 is 1.95 bits per heavy atom. The Bertz CT molecular complexity index is 458. The molecular formula is C12H14FNO5. The number of rotatable bonds is 6. The molecule has 3 N–H and O–H groups in total. The number of halogens is 1. The summed E-state index contributed by atoms with van der Waals surface area (Å²) >= 11 is 0. The lowest BCUT2D eigenvalue weighted by atomic mass is 10.1. The van der Waals surface area contributed by atoms with Crippen molar-refractivity contribution in [2.24, 2.45) is 0 Å². The van der Waals surface area contributed by atoms with E-state index in [1.54, 1.807) is 0 Å². The molecule has 0 spiro atoms. The number of benzene rings is 1. The van der Waals surface area contributed by atoms with Crippen molar-refractivity contribution in [3.05, 3.63) is 30.1 Å². The fraction of sp³-hybridized carbons (Fsp3) is 0.333. The van der Waals surface area contributed by atoms with Gasteiger partial charge in [0.05, 0.1) is 6.54 Å². The van der Waals surface area contributed by atoms with Crippen LogP contribution in [-0.2, 0) is 9.59 Å². The summed E-state index contributed by atoms with van der Waals surface area (Å²) in [5.41, 5.74) is -2.04. The van der Waals surface area contributed by atoms with Gasteiger partial charge in [-0.3, -0.25) is 4.79 Å². The quantitative estimate of drug-likeness (QED) is 0.684. The fourth-order valence-corrected chi connectivity index (χ4v) is 1.08. The van der Waals surface area contributed by atoms with Gasteiger partial charge < -0.3 is 20.3 Å². The molecule has 0 fully saturated rings. The number of nitrogens with one attached hydrogen (secondary N) is 1. The largest absolute Gasteiger partial charge is 0.484 e. The number of ether oxygens (including phenoxy) is 1. The first-order valence-electron chi connectivity index (χ1n) is 5.42. The summed E-state index contributed by atoms with van der Waals surface area (Å²) in [5.74, 6) is -2.14. The van der Waals surface area contributed by atoms with E-state index in [1.807, 2.05) is 0 Å². The first-order valence-corrected chi connectivity index (χ1v) is 5.42. The van der Waals surface area contributed by atoms with E-state index >= 15 is 0 Å². The van der Waals surface area contributed by atoms with E-state index in [1.165, 1.54) is 24.3 Å². The van der Waals surface area contributed by atoms with Gasteiger partial charge in [-0.2, -0.15) is 0 Å². The molecule has 1 unspecified atom stereocenters. The van der Waals surface area contributed by atoms with E-state index < -0.39 is 29.8 Å². The van der Waals surface area contributed by atoms with Crippen LogP contribution in [0, 0.1) is 5.82 Å². The predicted molar refractivity (Wildman–Crippen MR) is 63.2 cm³/mol. The Labute approximate surface area is 108 Å². The van der Waals surface area contributed by atoms with Crippen molar-refractivity contribution in [2.45, 2.75) is 12.5 Å². The van der Waals surface area contributed by atoms with Crippen molar-refractivity contribution in [1.29, 1.82) is 0 Å². The Morgan fingerprint density at radius 3 is 2.47 bits per heavy atom. The van der Waals surface area contributed by atoms with Gasteiger partial charge in [0.1, 0.15) is 11.6 Å². The van der Waals surface area contributed by atoms with Crippen molar-refractivity contribution in [3.8, 4) is 5.75 Å². The van der Waals surface area contributed by atoms with Gasteiger partial charge >= 0.3 is 5.97 Å². The third-order valence-electron chi connectivity index (χ3n) is 2.27. The molecule has 0 bridgehead atoms. The Morgan fingerprint density at radius 1 is 1.37 bits per heavy atom. The molecule has 0 aliphatic rings. The van der Waals surface area contributed by atoms with E-state index in [0.717, 1.165) is 6.92 Å². The first-order chi connectivity index (χ1) is 8.81. The monoisotopic (exact) mass is 271 g/mol. The van der Waals surface area contributed by atoms with Gasteiger partial charge in [0.2, 0.25) is 0 Å². The molecule has 1 atom stereocenters. The minimum atomic E-state index is -2.04. The number of carboxylic acids is 1. The van der Waals surface area contributed by atoms with Crippen LogP contribution in [0.4, 0.5) is 4.39 Å². The highest BCUT2D eigenvalue weighted by molar-refractivity contribution is 5.80. The number of hydrogen-bond donors (Lipinski definition) is 3. The lowest BCUT2D eigenvalue weighted by Gasteiger charge is -2.18. The third kappa shape index (κ3) is 4.92. The summed E-state index contributed by atoms with van der Waals surface area (Å²) in [6, 6.07) is 5.08. The van der Waals surface area contributed by atoms with Crippen LogP contribution in [0.5, 0.6) is 5.75 Å². The summed E-state index contributed by atoms with van der Waals surface area (Å²) in [5, 5.41) is 20.2. The average molecular weight is 271 g/mol. The molecule has 0 aliphatic carbocycles. The van der Waals surface area contributed by atoms with Crippen LogP contribution >= 0.6 is 0 Å². The number of amides is 1. The topological polar surface area (TPSA) is 95.9 Å². The molecule has 0 aliphatic heterocycles. The standard InChI is InChI=1S/C12H14FNO5/c1-12(18,11(16)17)7-14-10(15)6-19-9-4-2-8(13)3-5-9/h2-5,18H,6-7H2,1H3,(H,14,15)(H,16,17). The van der Waals surface area contributed by atoms with Crippen LogP contribution in [0.15, 0.2) is 24.3 Å². The number of aliphatic hydroxyl groups is 1. The third-order valence-corrected chi connectivity index (χ3v) is 2.27. The van der Waals surface area contributed by atoms with Gasteiger partial charge in [0.25, 0.3) is 5.91 Å². The minimum Gasteiger partial charge on any atom is -0.484 e. The van der Waals surface area contributed by atoms with E-state index in [0.29, 0.717) is 5.75 Å². The highest BCUT2D eigenvalue weighted by Crippen LogP contribution is 2.10. The van der Waals surface area contributed by atoms with Gasteiger partial charge in [0.15, 0.2) is 12.2 Å². The Hall–Kier alpha value is -2.15. The Balaban J connectivity index is 2.36. The van der Waals surface area contributed by atoms with Gasteiger partial charge in [-0.05, 0) is 31.2 Å². The van der Waals surface area contributed by atoms with Crippen LogP contribution in [-0.4, -0.2) is 40.8 Å². The summed E-state index contributed by atoms with van der Waals surface area (Å²) in [6.07, 6.45) is 0. The van der Waals surface area contributed by atoms with Crippen molar-refractivity contribution >= 4 is 11.9 Å². The maximum Gasteiger partial charge on any atom is 0.337 e. The second kappa shape index (κ2) is 6.14. The molecule has 0 saturated carbocycles. The number of carbonyl (C=O) groups is 2. The predicted octanol–water partition coefficient (Wildman–Crippen LogP) is 0.156. The summed E-state index contributed by atoms with van der Waals surface area (Å²) in [7, 11) is 0. The zero-order valence-electron chi connectivity index (χ0n) is 10.2. The smallest absolute Gasteiger partial charge is 0.337 e. The zero-order valence-corrected chi connectivity index (χ0v) is 10.2. The van der Waals surface area contributed by atoms with Crippen LogP contribution in [0.25, 0.3) is 0 Å². The highest BCUT2D eigenvalue weighted by atomic mass is 19.1. The van der Waals surface area contributed by atoms with Gasteiger partial charge in [-0.1, -0.05) is 0 Å². The van der Waals surface area contributed by atoms with Crippen molar-refractivity contribution in [2.75, 3.05) is 13.2 Å². The van der Waals surface area contributed by atoms with Crippen molar-refractivity contribution < 1.29 is 28.9 Å². The number of hydrogen-bond acceptors (Lipinski definition) is 4. The molecule has 6 nitrogen and oxygen atoms in total. The fourth-order valence-electron chi connectivity index (χ4n) is 1.08. The van der Waals surface area contributed by atoms with Gasteiger partial charge in [-0.25, -0.2) is 9.18 Å². The summed E-state index contributed by atoms with van der Waals surface area (Å²) in [6.45, 7) is 0.270. The molecule has 0 heterocycles. The molecule has 1 aromatic carbocycles. The van der Waals surface area contributed by atoms with E-state index in [4.69, 9.17) is 9.84 Å². The lowest BCUT2D eigenvalue weighted by Crippen LogP contribution is -2.47. The van der Waals surface area contributed by atoms with Gasteiger partial charge in [-0.15, -0.1) is 0 Å². The molecule has 0 saturated heterocycles. The molecule has 0 radical (unpaired) electrons. The van der Waals surface area contributed by atoms with Crippen LogP contribution in [0.1, 0.15) is 6.92 Å². The SMILES string of the molecule is CC(O)(CNC(=O)COc1ccc(F)cc1)C(=O)O. The second-order valence-electron chi connectivity index (χ2n) is 4.10. The highest BCUT2D eigenvalue weighted by Gasteiger charge is 2.30.